The number of piperidine rings is 1. The first-order valence-corrected chi connectivity index (χ1v) is 8.41. The van der Waals surface area contributed by atoms with Crippen LogP contribution in [0.15, 0.2) is 42.5 Å². The second kappa shape index (κ2) is 7.97. The maximum atomic E-state index is 11.9. The van der Waals surface area contributed by atoms with Gasteiger partial charge < -0.3 is 15.4 Å². The highest BCUT2D eigenvalue weighted by Crippen LogP contribution is 2.24. The van der Waals surface area contributed by atoms with Gasteiger partial charge in [0, 0.05) is 11.9 Å². The van der Waals surface area contributed by atoms with Crippen LogP contribution in [0.3, 0.4) is 0 Å². The van der Waals surface area contributed by atoms with Crippen molar-refractivity contribution < 1.29 is 9.53 Å². The van der Waals surface area contributed by atoms with Crippen LogP contribution in [0.2, 0.25) is 0 Å². The van der Waals surface area contributed by atoms with Crippen LogP contribution in [0.5, 0.6) is 5.75 Å². The van der Waals surface area contributed by atoms with Crippen molar-refractivity contribution in [2.45, 2.75) is 19.3 Å². The van der Waals surface area contributed by atoms with E-state index in [4.69, 9.17) is 4.74 Å². The molecule has 2 N–H and O–H groups in total. The lowest BCUT2D eigenvalue weighted by molar-refractivity contribution is -0.123. The molecule has 1 saturated heterocycles. The fourth-order valence-electron chi connectivity index (χ4n) is 3.10. The molecular formula is C19H24N2O2. The topological polar surface area (TPSA) is 50.4 Å². The third-order valence-corrected chi connectivity index (χ3v) is 4.38. The molecular weight excluding hydrogens is 288 g/mol. The first-order chi connectivity index (χ1) is 11.3. The molecule has 1 aliphatic rings. The summed E-state index contributed by atoms with van der Waals surface area (Å²) in [5, 5.41) is 8.51. The molecule has 2 aromatic rings. The van der Waals surface area contributed by atoms with Gasteiger partial charge in [0.15, 0.2) is 6.61 Å². The fraction of sp³-hybridized carbons (Fsp3) is 0.421. The van der Waals surface area contributed by atoms with Crippen LogP contribution >= 0.6 is 0 Å². The lowest BCUT2D eigenvalue weighted by Gasteiger charge is -2.22. The minimum absolute atomic E-state index is 0.0540. The number of carbonyl (C=O) groups excluding carboxylic acids is 1. The smallest absolute Gasteiger partial charge is 0.257 e. The first-order valence-electron chi connectivity index (χ1n) is 8.41. The van der Waals surface area contributed by atoms with Crippen LogP contribution in [-0.4, -0.2) is 32.1 Å². The third kappa shape index (κ3) is 4.45. The predicted molar refractivity (Wildman–Crippen MR) is 92.7 cm³/mol. The number of hydrogen-bond acceptors (Lipinski definition) is 3. The largest absolute Gasteiger partial charge is 0.483 e. The molecule has 0 saturated carbocycles. The fourth-order valence-corrected chi connectivity index (χ4v) is 3.10. The Morgan fingerprint density at radius 3 is 2.96 bits per heavy atom. The Kier molecular flexibility index (Phi) is 5.48. The number of hydrogen-bond donors (Lipinski definition) is 2. The van der Waals surface area contributed by atoms with E-state index >= 15 is 0 Å². The van der Waals surface area contributed by atoms with Crippen LogP contribution in [-0.2, 0) is 4.79 Å². The molecule has 1 atom stereocenters. The Bertz CT molecular complexity index is 645. The number of ether oxygens (including phenoxy) is 1. The average molecular weight is 312 g/mol. The molecule has 1 amide bonds. The van der Waals surface area contributed by atoms with Gasteiger partial charge in [-0.2, -0.15) is 0 Å². The van der Waals surface area contributed by atoms with Crippen LogP contribution in [0.4, 0.5) is 0 Å². The summed E-state index contributed by atoms with van der Waals surface area (Å²) in [4.78, 5) is 11.9. The first kappa shape index (κ1) is 15.8. The number of rotatable bonds is 6. The summed E-state index contributed by atoms with van der Waals surface area (Å²) in [6.07, 6.45) is 3.53. The summed E-state index contributed by atoms with van der Waals surface area (Å²) in [7, 11) is 0. The highest BCUT2D eigenvalue weighted by Gasteiger charge is 2.13. The Morgan fingerprint density at radius 2 is 2.09 bits per heavy atom. The summed E-state index contributed by atoms with van der Waals surface area (Å²) in [5.41, 5.74) is 0. The van der Waals surface area contributed by atoms with E-state index in [0.29, 0.717) is 5.92 Å². The molecule has 2 aromatic carbocycles. The van der Waals surface area contributed by atoms with Crippen molar-refractivity contribution in [2.75, 3.05) is 26.2 Å². The lowest BCUT2D eigenvalue weighted by atomic mass is 9.96. The minimum atomic E-state index is -0.0540. The molecule has 1 aliphatic heterocycles. The van der Waals surface area contributed by atoms with Gasteiger partial charge in [0.05, 0.1) is 0 Å². The SMILES string of the molecule is O=C(COc1cccc2ccccc12)NCCC1CCCNC1. The van der Waals surface area contributed by atoms with Crippen molar-refractivity contribution in [1.29, 1.82) is 0 Å². The number of carbonyl (C=O) groups is 1. The van der Waals surface area contributed by atoms with Crippen LogP contribution in [0, 0.1) is 5.92 Å². The molecule has 0 spiro atoms. The van der Waals surface area contributed by atoms with E-state index in [9.17, 15) is 4.79 Å². The summed E-state index contributed by atoms with van der Waals surface area (Å²) >= 11 is 0. The number of benzene rings is 2. The standard InChI is InChI=1S/C19H24N2O2/c22-19(21-12-10-15-5-4-11-20-13-15)14-23-18-9-3-7-16-6-1-2-8-17(16)18/h1-3,6-9,15,20H,4-5,10-14H2,(H,21,22). The third-order valence-electron chi connectivity index (χ3n) is 4.38. The van der Waals surface area contributed by atoms with Crippen LogP contribution < -0.4 is 15.4 Å². The Balaban J connectivity index is 1.45. The Morgan fingerprint density at radius 1 is 1.22 bits per heavy atom. The van der Waals surface area contributed by atoms with Gasteiger partial charge in [0.2, 0.25) is 0 Å². The van der Waals surface area contributed by atoms with Crippen molar-refractivity contribution in [3.05, 3.63) is 42.5 Å². The van der Waals surface area contributed by atoms with Crippen molar-refractivity contribution in [2.24, 2.45) is 5.92 Å². The zero-order valence-corrected chi connectivity index (χ0v) is 13.4. The molecule has 1 fully saturated rings. The van der Waals surface area contributed by atoms with E-state index in [1.807, 2.05) is 42.5 Å². The molecule has 122 valence electrons. The molecule has 0 bridgehead atoms. The maximum Gasteiger partial charge on any atom is 0.257 e. The van der Waals surface area contributed by atoms with Gasteiger partial charge >= 0.3 is 0 Å². The monoisotopic (exact) mass is 312 g/mol. The van der Waals surface area contributed by atoms with Gasteiger partial charge in [0.25, 0.3) is 5.91 Å². The van der Waals surface area contributed by atoms with Crippen LogP contribution in [0.25, 0.3) is 10.8 Å². The normalized spacial score (nSPS) is 17.8. The van der Waals surface area contributed by atoms with Gasteiger partial charge in [-0.1, -0.05) is 36.4 Å². The molecule has 4 nitrogen and oxygen atoms in total. The van der Waals surface area contributed by atoms with E-state index in [1.165, 1.54) is 12.8 Å². The molecule has 0 radical (unpaired) electrons. The minimum Gasteiger partial charge on any atom is -0.483 e. The summed E-state index contributed by atoms with van der Waals surface area (Å²) < 4.78 is 5.70. The number of fused-ring (bicyclic) bond motifs is 1. The van der Waals surface area contributed by atoms with Gasteiger partial charge in [-0.05, 0) is 49.7 Å². The maximum absolute atomic E-state index is 11.9. The van der Waals surface area contributed by atoms with Gasteiger partial charge in [-0.3, -0.25) is 4.79 Å². The summed E-state index contributed by atoms with van der Waals surface area (Å²) in [6, 6.07) is 13.9. The van der Waals surface area contributed by atoms with E-state index in [1.54, 1.807) is 0 Å². The summed E-state index contributed by atoms with van der Waals surface area (Å²) in [6.45, 7) is 2.99. The van der Waals surface area contributed by atoms with Crippen molar-refractivity contribution in [1.82, 2.24) is 10.6 Å². The second-order valence-corrected chi connectivity index (χ2v) is 6.12. The molecule has 4 heteroatoms. The molecule has 3 rings (SSSR count). The molecule has 23 heavy (non-hydrogen) atoms. The van der Waals surface area contributed by atoms with Gasteiger partial charge in [-0.25, -0.2) is 0 Å². The number of nitrogens with one attached hydrogen (secondary N) is 2. The number of amides is 1. The highest BCUT2D eigenvalue weighted by atomic mass is 16.5. The lowest BCUT2D eigenvalue weighted by Crippen LogP contribution is -2.34. The Labute approximate surface area is 137 Å². The van der Waals surface area contributed by atoms with Crippen molar-refractivity contribution in [3.8, 4) is 5.75 Å². The molecule has 0 aromatic heterocycles. The summed E-state index contributed by atoms with van der Waals surface area (Å²) in [5.74, 6) is 1.39. The zero-order chi connectivity index (χ0) is 15.9. The van der Waals surface area contributed by atoms with Crippen molar-refractivity contribution >= 4 is 16.7 Å². The van der Waals surface area contributed by atoms with Crippen molar-refractivity contribution in [3.63, 3.8) is 0 Å². The van der Waals surface area contributed by atoms with E-state index in [-0.39, 0.29) is 12.5 Å². The van der Waals surface area contributed by atoms with Gasteiger partial charge in [0.1, 0.15) is 5.75 Å². The Hall–Kier alpha value is -2.07. The van der Waals surface area contributed by atoms with Gasteiger partial charge in [-0.15, -0.1) is 0 Å². The predicted octanol–water partition coefficient (Wildman–Crippen LogP) is 2.72. The quantitative estimate of drug-likeness (QED) is 0.862. The highest BCUT2D eigenvalue weighted by molar-refractivity contribution is 5.88. The van der Waals surface area contributed by atoms with E-state index in [2.05, 4.69) is 10.6 Å². The van der Waals surface area contributed by atoms with E-state index < -0.39 is 0 Å². The van der Waals surface area contributed by atoms with E-state index in [0.717, 1.165) is 42.6 Å². The zero-order valence-electron chi connectivity index (χ0n) is 13.4. The van der Waals surface area contributed by atoms with Crippen LogP contribution in [0.1, 0.15) is 19.3 Å². The molecule has 1 unspecified atom stereocenters. The molecule has 0 aliphatic carbocycles. The molecule has 1 heterocycles. The average Bonchev–Trinajstić information content (AvgIpc) is 2.61. The second-order valence-electron chi connectivity index (χ2n) is 6.12.